The average Bonchev–Trinajstić information content (AvgIpc) is 3.23. The molecule has 0 N–H and O–H groups in total. The molecule has 4 nitrogen and oxygen atoms in total. The summed E-state index contributed by atoms with van der Waals surface area (Å²) in [4.78, 5) is 18.6. The number of thiocarbonyl (C=S) groups is 1. The third-order valence-corrected chi connectivity index (χ3v) is 5.45. The number of nitrogens with zero attached hydrogens (tertiary/aromatic N) is 4. The van der Waals surface area contributed by atoms with Crippen LogP contribution in [-0.2, 0) is 5.41 Å². The molecule has 0 spiro atoms. The molecule has 138 valence electrons. The minimum Gasteiger partial charge on any atom is -0.225 e. The second-order valence-electron chi connectivity index (χ2n) is 6.75. The first-order chi connectivity index (χ1) is 14.3. The summed E-state index contributed by atoms with van der Waals surface area (Å²) in [6.45, 7) is 0. The van der Waals surface area contributed by atoms with Crippen LogP contribution >= 0.6 is 12.2 Å². The molecule has 5 rings (SSSR count). The van der Waals surface area contributed by atoms with Crippen LogP contribution in [0.25, 0.3) is 0 Å². The standard InChI is InChI=1S/C24H16N4S/c29-22-20-21(25-16-26-22)28-23(27-20)24(17-10-4-1-5-11-17,18-12-6-2-7-13-18)19-14-8-3-9-15-19/h1-16H. The van der Waals surface area contributed by atoms with Crippen molar-refractivity contribution < 1.29 is 0 Å². The first kappa shape index (κ1) is 17.5. The molecule has 0 aliphatic carbocycles. The van der Waals surface area contributed by atoms with Crippen molar-refractivity contribution in [3.63, 3.8) is 0 Å². The lowest BCUT2D eigenvalue weighted by atomic mass is 9.68. The molecule has 0 saturated heterocycles. The Balaban J connectivity index is 1.87. The first-order valence-electron chi connectivity index (χ1n) is 9.29. The maximum atomic E-state index is 5.39. The Morgan fingerprint density at radius 1 is 0.621 bits per heavy atom. The lowest BCUT2D eigenvalue weighted by Gasteiger charge is -2.34. The number of amidine groups is 2. The first-order valence-corrected chi connectivity index (χ1v) is 9.70. The van der Waals surface area contributed by atoms with Crippen molar-refractivity contribution in [1.29, 1.82) is 0 Å². The molecule has 3 aromatic rings. The highest BCUT2D eigenvalue weighted by atomic mass is 32.1. The third-order valence-electron chi connectivity index (χ3n) is 5.15. The van der Waals surface area contributed by atoms with Gasteiger partial charge in [0.05, 0.1) is 0 Å². The van der Waals surface area contributed by atoms with E-state index < -0.39 is 5.41 Å². The molecular weight excluding hydrogens is 376 g/mol. The van der Waals surface area contributed by atoms with Gasteiger partial charge in [-0.3, -0.25) is 0 Å². The molecule has 5 heteroatoms. The Kier molecular flexibility index (Phi) is 4.30. The molecule has 0 bridgehead atoms. The smallest absolute Gasteiger partial charge is 0.184 e. The zero-order valence-corrected chi connectivity index (χ0v) is 16.3. The van der Waals surface area contributed by atoms with Gasteiger partial charge >= 0.3 is 0 Å². The van der Waals surface area contributed by atoms with Crippen LogP contribution in [0.4, 0.5) is 0 Å². The summed E-state index contributed by atoms with van der Waals surface area (Å²) in [5.74, 6) is 1.16. The van der Waals surface area contributed by atoms with Crippen LogP contribution in [0.2, 0.25) is 0 Å². The molecule has 3 aromatic carbocycles. The van der Waals surface area contributed by atoms with Gasteiger partial charge in [-0.2, -0.15) is 0 Å². The molecule has 2 heterocycles. The Hall–Kier alpha value is -3.57. The van der Waals surface area contributed by atoms with Crippen LogP contribution in [-0.4, -0.2) is 28.7 Å². The van der Waals surface area contributed by atoms with Gasteiger partial charge in [0, 0.05) is 0 Å². The third kappa shape index (κ3) is 2.79. The van der Waals surface area contributed by atoms with E-state index >= 15 is 0 Å². The van der Waals surface area contributed by atoms with Gasteiger partial charge in [0.15, 0.2) is 16.7 Å². The van der Waals surface area contributed by atoms with Crippen LogP contribution in [0.5, 0.6) is 0 Å². The second-order valence-corrected chi connectivity index (χ2v) is 7.13. The molecular formula is C24H16N4S. The van der Waals surface area contributed by atoms with E-state index in [1.807, 2.05) is 54.6 Å². The van der Waals surface area contributed by atoms with Crippen LogP contribution < -0.4 is 0 Å². The van der Waals surface area contributed by atoms with E-state index in [1.54, 1.807) is 0 Å². The number of fused-ring (bicyclic) bond motifs is 1. The van der Waals surface area contributed by atoms with E-state index in [4.69, 9.17) is 22.2 Å². The van der Waals surface area contributed by atoms with Crippen molar-refractivity contribution >= 4 is 40.9 Å². The maximum absolute atomic E-state index is 5.39. The van der Waals surface area contributed by atoms with Gasteiger partial charge in [0.1, 0.15) is 17.5 Å². The molecule has 0 radical (unpaired) electrons. The number of hydrogen-bond acceptors (Lipinski definition) is 4. The Bertz CT molecular complexity index is 1100. The van der Waals surface area contributed by atoms with Crippen LogP contribution in [0.3, 0.4) is 0 Å². The predicted octanol–water partition coefficient (Wildman–Crippen LogP) is 4.64. The minimum absolute atomic E-state index is 0.414. The van der Waals surface area contributed by atoms with Crippen molar-refractivity contribution in [3.8, 4) is 0 Å². The summed E-state index contributed by atoms with van der Waals surface area (Å²) in [7, 11) is 0. The van der Waals surface area contributed by atoms with E-state index in [0.29, 0.717) is 22.4 Å². The Morgan fingerprint density at radius 3 is 1.55 bits per heavy atom. The van der Waals surface area contributed by atoms with Crippen LogP contribution in [0.15, 0.2) is 111 Å². The fourth-order valence-electron chi connectivity index (χ4n) is 3.88. The zero-order chi connectivity index (χ0) is 19.7. The average molecular weight is 392 g/mol. The van der Waals surface area contributed by atoms with Gasteiger partial charge in [-0.25, -0.2) is 20.0 Å². The molecule has 0 fully saturated rings. The number of aliphatic imine (C=N–C) groups is 4. The van der Waals surface area contributed by atoms with Crippen LogP contribution in [0, 0.1) is 0 Å². The molecule has 0 saturated carbocycles. The summed E-state index contributed by atoms with van der Waals surface area (Å²) >= 11 is 5.39. The predicted molar refractivity (Wildman–Crippen MR) is 123 cm³/mol. The molecule has 0 unspecified atom stereocenters. The fraction of sp³-hybridized carbons (Fsp3) is 0.0417. The van der Waals surface area contributed by atoms with Gasteiger partial charge < -0.3 is 0 Å². The fourth-order valence-corrected chi connectivity index (χ4v) is 4.07. The van der Waals surface area contributed by atoms with Gasteiger partial charge in [-0.05, 0) is 16.7 Å². The quantitative estimate of drug-likeness (QED) is 0.471. The van der Waals surface area contributed by atoms with Gasteiger partial charge in [0.2, 0.25) is 0 Å². The molecule has 0 aromatic heterocycles. The van der Waals surface area contributed by atoms with Gasteiger partial charge in [-0.1, -0.05) is 103 Å². The molecule has 0 amide bonds. The summed E-state index contributed by atoms with van der Waals surface area (Å²) in [5.41, 5.74) is 3.08. The summed E-state index contributed by atoms with van der Waals surface area (Å²) in [6.07, 6.45) is 1.44. The van der Waals surface area contributed by atoms with E-state index in [1.165, 1.54) is 6.34 Å². The SMILES string of the molecule is S=C1N=CN=C2N=C(C(c3ccccc3)(c3ccccc3)c3ccccc3)N=C12. The second kappa shape index (κ2) is 7.11. The van der Waals surface area contributed by atoms with Crippen molar-refractivity contribution in [3.05, 3.63) is 108 Å². The summed E-state index contributed by atoms with van der Waals surface area (Å²) in [6, 6.07) is 30.9. The number of rotatable bonds is 4. The van der Waals surface area contributed by atoms with Crippen molar-refractivity contribution in [2.75, 3.05) is 0 Å². The van der Waals surface area contributed by atoms with Gasteiger partial charge in [0.25, 0.3) is 0 Å². The zero-order valence-electron chi connectivity index (χ0n) is 15.4. The molecule has 2 aliphatic rings. The number of hydrogen-bond donors (Lipinski definition) is 0. The summed E-state index contributed by atoms with van der Waals surface area (Å²) in [5, 5.41) is 0. The highest BCUT2D eigenvalue weighted by Crippen LogP contribution is 2.42. The van der Waals surface area contributed by atoms with E-state index in [2.05, 4.69) is 46.4 Å². The summed E-state index contributed by atoms with van der Waals surface area (Å²) < 4.78 is 0. The van der Waals surface area contributed by atoms with E-state index in [-0.39, 0.29) is 0 Å². The van der Waals surface area contributed by atoms with Crippen LogP contribution in [0.1, 0.15) is 16.7 Å². The highest BCUT2D eigenvalue weighted by Gasteiger charge is 2.44. The Labute approximate surface area is 174 Å². The maximum Gasteiger partial charge on any atom is 0.184 e. The lowest BCUT2D eigenvalue weighted by molar-refractivity contribution is 0.821. The lowest BCUT2D eigenvalue weighted by Crippen LogP contribution is -2.37. The molecule has 29 heavy (non-hydrogen) atoms. The van der Waals surface area contributed by atoms with Crippen molar-refractivity contribution in [2.45, 2.75) is 5.41 Å². The van der Waals surface area contributed by atoms with Gasteiger partial charge in [-0.15, -0.1) is 0 Å². The Morgan fingerprint density at radius 2 is 1.10 bits per heavy atom. The largest absolute Gasteiger partial charge is 0.225 e. The van der Waals surface area contributed by atoms with Crippen molar-refractivity contribution in [1.82, 2.24) is 0 Å². The topological polar surface area (TPSA) is 49.4 Å². The number of benzene rings is 3. The molecule has 0 atom stereocenters. The minimum atomic E-state index is -0.702. The highest BCUT2D eigenvalue weighted by molar-refractivity contribution is 7.82. The monoisotopic (exact) mass is 392 g/mol. The molecule has 2 aliphatic heterocycles. The van der Waals surface area contributed by atoms with E-state index in [0.717, 1.165) is 16.7 Å². The van der Waals surface area contributed by atoms with Crippen molar-refractivity contribution in [2.24, 2.45) is 20.0 Å². The normalized spacial score (nSPS) is 15.4. The van der Waals surface area contributed by atoms with E-state index in [9.17, 15) is 0 Å².